The van der Waals surface area contributed by atoms with Gasteiger partial charge in [-0.2, -0.15) is 11.8 Å². The van der Waals surface area contributed by atoms with E-state index in [9.17, 15) is 14.4 Å². The third kappa shape index (κ3) is 9.85. The molecule has 2 heterocycles. The van der Waals surface area contributed by atoms with Crippen molar-refractivity contribution < 1.29 is 23.9 Å². The molecule has 0 radical (unpaired) electrons. The summed E-state index contributed by atoms with van der Waals surface area (Å²) in [6, 6.07) is 7.02. The summed E-state index contributed by atoms with van der Waals surface area (Å²) >= 11 is 1.61. The first-order valence-corrected chi connectivity index (χ1v) is 15.3. The average molecular weight is 574 g/mol. The van der Waals surface area contributed by atoms with Crippen molar-refractivity contribution in [3.63, 3.8) is 0 Å². The molecule has 0 bridgehead atoms. The summed E-state index contributed by atoms with van der Waals surface area (Å²) in [7, 11) is 1.63. The maximum atomic E-state index is 13.3. The zero-order chi connectivity index (χ0) is 28.9. The van der Waals surface area contributed by atoms with Crippen LogP contribution in [0.25, 0.3) is 0 Å². The molecule has 1 aromatic carbocycles. The standard InChI is InChI=1S/C29H43N5O5S/c1-21(2)39-29(37)25(13-15-40-4)32-27(35)19-33(17-22-8-5-6-10-26(22)38-3)18-24-9-7-14-34(24)28(36)12-11-23-16-30-20-31-23/h5-6,8,10,16,20-21,24-25H,7,9,11-15,17-19H2,1-4H3,(H,30,31)(H,32,35)/t24?,25-/m0/s1. The molecular formula is C29H43N5O5S. The molecule has 1 aliphatic heterocycles. The minimum Gasteiger partial charge on any atom is -0.496 e. The first-order valence-electron chi connectivity index (χ1n) is 13.9. The number of carbonyl (C=O) groups excluding carboxylic acids is 3. The van der Waals surface area contributed by atoms with Crippen LogP contribution in [0.3, 0.4) is 0 Å². The molecule has 0 spiro atoms. The molecule has 1 aliphatic rings. The van der Waals surface area contributed by atoms with Crippen molar-refractivity contribution >= 4 is 29.5 Å². The molecule has 40 heavy (non-hydrogen) atoms. The number of rotatable bonds is 16. The lowest BCUT2D eigenvalue weighted by molar-refractivity contribution is -0.151. The molecule has 11 heteroatoms. The van der Waals surface area contributed by atoms with E-state index in [1.54, 1.807) is 45.2 Å². The second-order valence-corrected chi connectivity index (χ2v) is 11.3. The highest BCUT2D eigenvalue weighted by atomic mass is 32.2. The van der Waals surface area contributed by atoms with Crippen LogP contribution < -0.4 is 10.1 Å². The molecule has 3 rings (SSSR count). The third-order valence-corrected chi connectivity index (χ3v) is 7.51. The van der Waals surface area contributed by atoms with Gasteiger partial charge in [0.05, 0.1) is 26.1 Å². The molecular weight excluding hydrogens is 530 g/mol. The number of aromatic amines is 1. The van der Waals surface area contributed by atoms with Crippen LogP contribution >= 0.6 is 11.8 Å². The lowest BCUT2D eigenvalue weighted by Crippen LogP contribution is -2.49. The number of hydrogen-bond acceptors (Lipinski definition) is 8. The molecule has 2 amide bonds. The van der Waals surface area contributed by atoms with Crippen LogP contribution in [0.1, 0.15) is 50.8 Å². The lowest BCUT2D eigenvalue weighted by Gasteiger charge is -2.31. The Hall–Kier alpha value is -3.05. The fourth-order valence-electron chi connectivity index (χ4n) is 4.96. The Balaban J connectivity index is 1.71. The summed E-state index contributed by atoms with van der Waals surface area (Å²) in [5.74, 6) is 0.897. The summed E-state index contributed by atoms with van der Waals surface area (Å²) in [6.07, 6.45) is 8.36. The largest absolute Gasteiger partial charge is 0.496 e. The van der Waals surface area contributed by atoms with E-state index in [0.29, 0.717) is 38.9 Å². The number of esters is 1. The Morgan fingerprint density at radius 3 is 2.77 bits per heavy atom. The summed E-state index contributed by atoms with van der Waals surface area (Å²) in [6.45, 7) is 5.38. The van der Waals surface area contributed by atoms with Crippen molar-refractivity contribution in [2.45, 2.75) is 70.7 Å². The van der Waals surface area contributed by atoms with E-state index in [1.165, 1.54) is 0 Å². The van der Waals surface area contributed by atoms with Crippen molar-refractivity contribution in [1.82, 2.24) is 25.1 Å². The SMILES string of the molecule is COc1ccccc1CN(CC(=O)N[C@@H](CCSC)C(=O)OC(C)C)CC1CCCN1C(=O)CCc1cnc[nH]1. The van der Waals surface area contributed by atoms with Gasteiger partial charge in [0.25, 0.3) is 0 Å². The van der Waals surface area contributed by atoms with Crippen LogP contribution in [-0.4, -0.2) is 94.5 Å². The van der Waals surface area contributed by atoms with Gasteiger partial charge in [0, 0.05) is 49.6 Å². The number of nitrogens with zero attached hydrogens (tertiary/aromatic N) is 3. The number of hydrogen-bond donors (Lipinski definition) is 2. The molecule has 10 nitrogen and oxygen atoms in total. The molecule has 2 N–H and O–H groups in total. The van der Waals surface area contributed by atoms with Gasteiger partial charge >= 0.3 is 5.97 Å². The van der Waals surface area contributed by atoms with Crippen LogP contribution in [0.2, 0.25) is 0 Å². The number of likely N-dealkylation sites (tertiary alicyclic amines) is 1. The van der Waals surface area contributed by atoms with E-state index in [4.69, 9.17) is 9.47 Å². The highest BCUT2D eigenvalue weighted by molar-refractivity contribution is 7.98. The first kappa shape index (κ1) is 31.5. The Bertz CT molecular complexity index is 1080. The number of thioether (sulfide) groups is 1. The Kier molecular flexibility index (Phi) is 12.8. The van der Waals surface area contributed by atoms with Gasteiger partial charge in [-0.3, -0.25) is 14.5 Å². The summed E-state index contributed by atoms with van der Waals surface area (Å²) in [5, 5.41) is 2.91. The van der Waals surface area contributed by atoms with Crippen LogP contribution in [0.5, 0.6) is 5.75 Å². The summed E-state index contributed by atoms with van der Waals surface area (Å²) in [4.78, 5) is 50.2. The van der Waals surface area contributed by atoms with E-state index in [1.807, 2.05) is 40.3 Å². The van der Waals surface area contributed by atoms with E-state index in [2.05, 4.69) is 15.3 Å². The van der Waals surface area contributed by atoms with Crippen LogP contribution in [0.15, 0.2) is 36.8 Å². The highest BCUT2D eigenvalue weighted by Gasteiger charge is 2.31. The molecule has 220 valence electrons. The molecule has 2 atom stereocenters. The fourth-order valence-corrected chi connectivity index (χ4v) is 5.43. The van der Waals surface area contributed by atoms with E-state index >= 15 is 0 Å². The van der Waals surface area contributed by atoms with Gasteiger partial charge in [-0.15, -0.1) is 0 Å². The van der Waals surface area contributed by atoms with Crippen molar-refractivity contribution in [3.05, 3.63) is 48.0 Å². The van der Waals surface area contributed by atoms with Crippen molar-refractivity contribution in [2.24, 2.45) is 0 Å². The lowest BCUT2D eigenvalue weighted by atomic mass is 10.1. The molecule has 0 aliphatic carbocycles. The minimum absolute atomic E-state index is 0.00466. The normalized spacial score (nSPS) is 15.8. The number of aromatic nitrogens is 2. The zero-order valence-electron chi connectivity index (χ0n) is 24.1. The predicted molar refractivity (Wildman–Crippen MR) is 156 cm³/mol. The van der Waals surface area contributed by atoms with E-state index in [-0.39, 0.29) is 30.5 Å². The number of nitrogens with one attached hydrogen (secondary N) is 2. The predicted octanol–water partition coefficient (Wildman–Crippen LogP) is 3.03. The van der Waals surface area contributed by atoms with Crippen LogP contribution in [0, 0.1) is 0 Å². The fraction of sp³-hybridized carbons (Fsp3) is 0.586. The van der Waals surface area contributed by atoms with Gasteiger partial charge in [0.15, 0.2) is 0 Å². The van der Waals surface area contributed by atoms with Crippen LogP contribution in [-0.2, 0) is 32.1 Å². The summed E-state index contributed by atoms with van der Waals surface area (Å²) in [5.41, 5.74) is 1.89. The van der Waals surface area contributed by atoms with Gasteiger partial charge in [0.2, 0.25) is 11.8 Å². The molecule has 0 saturated carbocycles. The van der Waals surface area contributed by atoms with Crippen LogP contribution in [0.4, 0.5) is 0 Å². The van der Waals surface area contributed by atoms with E-state index in [0.717, 1.165) is 35.6 Å². The topological polar surface area (TPSA) is 117 Å². The number of imidazole rings is 1. The number of para-hydroxylation sites is 1. The smallest absolute Gasteiger partial charge is 0.328 e. The Labute approximate surface area is 241 Å². The maximum absolute atomic E-state index is 13.3. The van der Waals surface area contributed by atoms with Gasteiger partial charge in [-0.1, -0.05) is 18.2 Å². The monoisotopic (exact) mass is 573 g/mol. The number of aryl methyl sites for hydroxylation is 1. The second kappa shape index (κ2) is 16.3. The highest BCUT2D eigenvalue weighted by Crippen LogP contribution is 2.23. The molecule has 1 saturated heterocycles. The minimum atomic E-state index is -0.706. The molecule has 2 aromatic rings. The first-order chi connectivity index (χ1) is 19.3. The number of methoxy groups -OCH3 is 1. The Morgan fingerprint density at radius 2 is 2.08 bits per heavy atom. The van der Waals surface area contributed by atoms with E-state index < -0.39 is 12.0 Å². The van der Waals surface area contributed by atoms with Gasteiger partial charge in [-0.05, 0) is 57.6 Å². The number of ether oxygens (including phenoxy) is 2. The maximum Gasteiger partial charge on any atom is 0.328 e. The Morgan fingerprint density at radius 1 is 1.27 bits per heavy atom. The van der Waals surface area contributed by atoms with Crippen molar-refractivity contribution in [3.8, 4) is 5.75 Å². The summed E-state index contributed by atoms with van der Waals surface area (Å²) < 4.78 is 11.0. The molecule has 1 unspecified atom stereocenters. The number of H-pyrrole nitrogens is 1. The molecule has 1 aromatic heterocycles. The van der Waals surface area contributed by atoms with Crippen molar-refractivity contribution in [2.75, 3.05) is 38.8 Å². The van der Waals surface area contributed by atoms with Gasteiger partial charge in [-0.25, -0.2) is 9.78 Å². The number of amides is 2. The number of benzene rings is 1. The zero-order valence-corrected chi connectivity index (χ0v) is 24.9. The quantitative estimate of drug-likeness (QED) is 0.295. The molecule has 1 fully saturated rings. The average Bonchev–Trinajstić information content (AvgIpc) is 3.62. The second-order valence-electron chi connectivity index (χ2n) is 10.3. The van der Waals surface area contributed by atoms with Gasteiger partial charge < -0.3 is 24.7 Å². The van der Waals surface area contributed by atoms with Gasteiger partial charge in [0.1, 0.15) is 11.8 Å². The third-order valence-electron chi connectivity index (χ3n) is 6.87. The van der Waals surface area contributed by atoms with Crippen molar-refractivity contribution in [1.29, 1.82) is 0 Å². The number of carbonyl (C=O) groups is 3.